The maximum atomic E-state index is 11.4. The van der Waals surface area contributed by atoms with Crippen molar-refractivity contribution in [3.63, 3.8) is 0 Å². The first kappa shape index (κ1) is 16.9. The topological polar surface area (TPSA) is 46.4 Å². The number of fused-ring (bicyclic) bond motifs is 1. The van der Waals surface area contributed by atoms with Crippen LogP contribution < -0.4 is 5.32 Å². The van der Waals surface area contributed by atoms with Gasteiger partial charge in [-0.2, -0.15) is 0 Å². The third-order valence-electron chi connectivity index (χ3n) is 4.27. The molecule has 0 aliphatic rings. The van der Waals surface area contributed by atoms with Crippen LogP contribution >= 0.6 is 0 Å². The van der Waals surface area contributed by atoms with Crippen molar-refractivity contribution in [2.45, 2.75) is 31.2 Å². The molecular weight excluding hydrogens is 318 g/mol. The second-order valence-corrected chi connectivity index (χ2v) is 7.48. The van der Waals surface area contributed by atoms with Gasteiger partial charge >= 0.3 is 0 Å². The highest BCUT2D eigenvalue weighted by Crippen LogP contribution is 2.15. The average Bonchev–Trinajstić information content (AvgIpc) is 2.99. The summed E-state index contributed by atoms with van der Waals surface area (Å²) in [5.41, 5.74) is 4.53. The SMILES string of the molecule is Cc1cccn2cc(CCN[C@@H](C)c3ccc([S@](C)=O)cc3)nc12. The summed E-state index contributed by atoms with van der Waals surface area (Å²) in [6.07, 6.45) is 6.73. The highest BCUT2D eigenvalue weighted by atomic mass is 32.2. The maximum absolute atomic E-state index is 11.4. The highest BCUT2D eigenvalue weighted by molar-refractivity contribution is 7.84. The lowest BCUT2D eigenvalue weighted by Gasteiger charge is -2.14. The fraction of sp³-hybridized carbons (Fsp3) is 0.316. The van der Waals surface area contributed by atoms with E-state index < -0.39 is 10.8 Å². The summed E-state index contributed by atoms with van der Waals surface area (Å²) in [6.45, 7) is 5.09. The Morgan fingerprint density at radius 1 is 1.25 bits per heavy atom. The molecule has 0 saturated carbocycles. The fourth-order valence-corrected chi connectivity index (χ4v) is 3.33. The first-order chi connectivity index (χ1) is 11.5. The number of aromatic nitrogens is 2. The van der Waals surface area contributed by atoms with Crippen LogP contribution in [0.25, 0.3) is 5.65 Å². The van der Waals surface area contributed by atoms with Gasteiger partial charge in [-0.25, -0.2) is 4.98 Å². The molecule has 2 heterocycles. The molecule has 126 valence electrons. The van der Waals surface area contributed by atoms with E-state index in [1.54, 1.807) is 6.26 Å². The molecule has 0 unspecified atom stereocenters. The van der Waals surface area contributed by atoms with Crippen LogP contribution in [0, 0.1) is 6.92 Å². The van der Waals surface area contributed by atoms with Crippen LogP contribution in [0.1, 0.15) is 29.8 Å². The fourth-order valence-electron chi connectivity index (χ4n) is 2.81. The molecule has 3 rings (SSSR count). The highest BCUT2D eigenvalue weighted by Gasteiger charge is 2.07. The number of hydrogen-bond donors (Lipinski definition) is 1. The molecule has 2 atom stereocenters. The molecule has 0 spiro atoms. The molecule has 2 aromatic heterocycles. The summed E-state index contributed by atoms with van der Waals surface area (Å²) < 4.78 is 13.5. The summed E-state index contributed by atoms with van der Waals surface area (Å²) >= 11 is 0. The van der Waals surface area contributed by atoms with Crippen molar-refractivity contribution >= 4 is 16.4 Å². The Balaban J connectivity index is 1.58. The molecule has 5 heteroatoms. The summed E-state index contributed by atoms with van der Waals surface area (Å²) in [5, 5.41) is 3.53. The van der Waals surface area contributed by atoms with Crippen molar-refractivity contribution in [3.8, 4) is 0 Å². The van der Waals surface area contributed by atoms with E-state index in [0.717, 1.165) is 29.2 Å². The molecule has 3 aromatic rings. The van der Waals surface area contributed by atoms with Gasteiger partial charge in [-0.1, -0.05) is 18.2 Å². The van der Waals surface area contributed by atoms with Crippen LogP contribution in [0.5, 0.6) is 0 Å². The van der Waals surface area contributed by atoms with E-state index >= 15 is 0 Å². The molecule has 0 bridgehead atoms. The van der Waals surface area contributed by atoms with E-state index in [0.29, 0.717) is 0 Å². The minimum absolute atomic E-state index is 0.253. The molecule has 4 nitrogen and oxygen atoms in total. The summed E-state index contributed by atoms with van der Waals surface area (Å²) in [5.74, 6) is 0. The van der Waals surface area contributed by atoms with Crippen molar-refractivity contribution in [1.82, 2.24) is 14.7 Å². The number of rotatable bonds is 6. The lowest BCUT2D eigenvalue weighted by Crippen LogP contribution is -2.21. The summed E-state index contributed by atoms with van der Waals surface area (Å²) in [4.78, 5) is 5.57. The third kappa shape index (κ3) is 3.74. The van der Waals surface area contributed by atoms with Crippen molar-refractivity contribution in [2.24, 2.45) is 0 Å². The van der Waals surface area contributed by atoms with E-state index in [1.165, 1.54) is 11.1 Å². The van der Waals surface area contributed by atoms with Gasteiger partial charge in [-0.15, -0.1) is 0 Å². The zero-order valence-electron chi connectivity index (χ0n) is 14.3. The number of nitrogens with zero attached hydrogens (tertiary/aromatic N) is 2. The number of aryl methyl sites for hydroxylation is 1. The van der Waals surface area contributed by atoms with Crippen LogP contribution in [0.3, 0.4) is 0 Å². The zero-order chi connectivity index (χ0) is 17.1. The second-order valence-electron chi connectivity index (χ2n) is 6.10. The molecule has 24 heavy (non-hydrogen) atoms. The molecule has 0 radical (unpaired) electrons. The Labute approximate surface area is 145 Å². The monoisotopic (exact) mass is 341 g/mol. The van der Waals surface area contributed by atoms with E-state index in [9.17, 15) is 4.21 Å². The maximum Gasteiger partial charge on any atom is 0.139 e. The van der Waals surface area contributed by atoms with Gasteiger partial charge in [0.05, 0.1) is 5.69 Å². The van der Waals surface area contributed by atoms with Crippen molar-refractivity contribution < 1.29 is 4.21 Å². The van der Waals surface area contributed by atoms with E-state index in [2.05, 4.69) is 35.8 Å². The van der Waals surface area contributed by atoms with Gasteiger partial charge in [-0.3, -0.25) is 4.21 Å². The normalized spacial score (nSPS) is 14.0. The van der Waals surface area contributed by atoms with E-state index in [4.69, 9.17) is 4.98 Å². The van der Waals surface area contributed by atoms with Crippen molar-refractivity contribution in [3.05, 3.63) is 65.6 Å². The van der Waals surface area contributed by atoms with Gasteiger partial charge in [0, 0.05) is 53.4 Å². The molecule has 0 aliphatic carbocycles. The van der Waals surface area contributed by atoms with Crippen molar-refractivity contribution in [2.75, 3.05) is 12.8 Å². The smallest absolute Gasteiger partial charge is 0.139 e. The van der Waals surface area contributed by atoms with Gasteiger partial charge in [0.15, 0.2) is 0 Å². The summed E-state index contributed by atoms with van der Waals surface area (Å²) in [6, 6.07) is 12.3. The van der Waals surface area contributed by atoms with Gasteiger partial charge in [0.1, 0.15) is 5.65 Å². The Bertz CT molecular complexity index is 855. The Morgan fingerprint density at radius 2 is 2.00 bits per heavy atom. The second kappa shape index (κ2) is 7.28. The molecule has 0 amide bonds. The van der Waals surface area contributed by atoms with Gasteiger partial charge in [0.2, 0.25) is 0 Å². The van der Waals surface area contributed by atoms with Crippen LogP contribution in [0.4, 0.5) is 0 Å². The van der Waals surface area contributed by atoms with Crippen molar-refractivity contribution in [1.29, 1.82) is 0 Å². The lowest BCUT2D eigenvalue weighted by atomic mass is 10.1. The Morgan fingerprint density at radius 3 is 2.67 bits per heavy atom. The van der Waals surface area contributed by atoms with Crippen LogP contribution in [0.15, 0.2) is 53.7 Å². The predicted molar refractivity (Wildman–Crippen MR) is 98.8 cm³/mol. The zero-order valence-corrected chi connectivity index (χ0v) is 15.1. The average molecular weight is 341 g/mol. The minimum atomic E-state index is -0.922. The predicted octanol–water partition coefficient (Wildman–Crippen LogP) is 3.27. The lowest BCUT2D eigenvalue weighted by molar-refractivity contribution is 0.574. The van der Waals surface area contributed by atoms with Crippen LogP contribution in [0.2, 0.25) is 0 Å². The molecule has 1 N–H and O–H groups in total. The first-order valence-electron chi connectivity index (χ1n) is 8.14. The number of benzene rings is 1. The first-order valence-corrected chi connectivity index (χ1v) is 9.70. The number of hydrogen-bond acceptors (Lipinski definition) is 3. The van der Waals surface area contributed by atoms with E-state index in [-0.39, 0.29) is 6.04 Å². The number of nitrogens with one attached hydrogen (secondary N) is 1. The third-order valence-corrected chi connectivity index (χ3v) is 5.21. The number of imidazole rings is 1. The largest absolute Gasteiger partial charge is 0.310 e. The Hall–Kier alpha value is -1.98. The summed E-state index contributed by atoms with van der Waals surface area (Å²) in [7, 11) is -0.922. The van der Waals surface area contributed by atoms with Crippen LogP contribution in [-0.4, -0.2) is 26.4 Å². The van der Waals surface area contributed by atoms with Gasteiger partial charge in [0.25, 0.3) is 0 Å². The minimum Gasteiger partial charge on any atom is -0.310 e. The van der Waals surface area contributed by atoms with E-state index in [1.807, 2.05) is 36.5 Å². The Kier molecular flexibility index (Phi) is 5.11. The molecule has 0 fully saturated rings. The molecule has 0 aliphatic heterocycles. The van der Waals surface area contributed by atoms with Gasteiger partial charge < -0.3 is 9.72 Å². The molecular formula is C19H23N3OS. The molecule has 0 saturated heterocycles. The quantitative estimate of drug-likeness (QED) is 0.748. The molecule has 1 aromatic carbocycles. The number of pyridine rings is 1. The van der Waals surface area contributed by atoms with Gasteiger partial charge in [-0.05, 0) is 43.2 Å². The van der Waals surface area contributed by atoms with Crippen LogP contribution in [-0.2, 0) is 17.2 Å². The standard InChI is InChI=1S/C19H23N3OS/c1-14-5-4-12-22-13-17(21-19(14)22)10-11-20-15(2)16-6-8-18(9-7-16)24(3)23/h4-9,12-13,15,20H,10-11H2,1-3H3/t15-,24-/m0/s1.